The molecule has 2 aliphatic heterocycles. The summed E-state index contributed by atoms with van der Waals surface area (Å²) in [5.74, 6) is 0.530. The lowest BCUT2D eigenvalue weighted by molar-refractivity contribution is -0.126. The van der Waals surface area contributed by atoms with Gasteiger partial charge in [0.15, 0.2) is 0 Å². The minimum atomic E-state index is -0.739. The fourth-order valence-electron chi connectivity index (χ4n) is 5.87. The van der Waals surface area contributed by atoms with E-state index in [2.05, 4.69) is 21.8 Å². The first-order valence-corrected chi connectivity index (χ1v) is 15.0. The number of hydrogen-bond donors (Lipinski definition) is 1. The number of rotatable bonds is 10. The molecular formula is C33H40ClFN6O2. The van der Waals surface area contributed by atoms with E-state index in [0.717, 1.165) is 30.5 Å². The number of likely N-dealkylation sites (N-methyl/N-ethyl adjacent to an activating group) is 1. The number of aryl methyl sites for hydroxylation is 1. The van der Waals surface area contributed by atoms with Crippen LogP contribution in [0.5, 0.6) is 0 Å². The SMILES string of the molecule is C=CC(=O)N(CC)C[C@H]1CCCN1/C(=N/C)C1=C(N(C=O)c2c(C)ccnc2C(C)C)NC(c2ccccc2F)C(Cl)=C1. The topological polar surface area (TPSA) is 81.1 Å². The predicted octanol–water partition coefficient (Wildman–Crippen LogP) is 5.82. The van der Waals surface area contributed by atoms with Crippen LogP contribution in [0.3, 0.4) is 0 Å². The molecule has 1 fully saturated rings. The summed E-state index contributed by atoms with van der Waals surface area (Å²) in [4.78, 5) is 40.4. The summed E-state index contributed by atoms with van der Waals surface area (Å²) in [5.41, 5.74) is 3.20. The van der Waals surface area contributed by atoms with Gasteiger partial charge in [-0.25, -0.2) is 4.39 Å². The number of dihydropyridines is 1. The molecule has 43 heavy (non-hydrogen) atoms. The van der Waals surface area contributed by atoms with Gasteiger partial charge >= 0.3 is 0 Å². The van der Waals surface area contributed by atoms with Crippen molar-refractivity contribution in [2.24, 2.45) is 4.99 Å². The van der Waals surface area contributed by atoms with Crippen molar-refractivity contribution in [3.63, 3.8) is 0 Å². The third kappa shape index (κ3) is 6.51. The van der Waals surface area contributed by atoms with Gasteiger partial charge < -0.3 is 15.1 Å². The Bertz CT molecular complexity index is 1470. The van der Waals surface area contributed by atoms with E-state index >= 15 is 4.39 Å². The van der Waals surface area contributed by atoms with Crippen molar-refractivity contribution < 1.29 is 14.0 Å². The van der Waals surface area contributed by atoms with Crippen LogP contribution in [0.4, 0.5) is 10.1 Å². The molecule has 1 saturated heterocycles. The number of aromatic nitrogens is 1. The summed E-state index contributed by atoms with van der Waals surface area (Å²) in [7, 11) is 1.70. The molecule has 0 saturated carbocycles. The summed E-state index contributed by atoms with van der Waals surface area (Å²) in [6.07, 6.45) is 7.36. The van der Waals surface area contributed by atoms with Gasteiger partial charge in [-0.05, 0) is 62.5 Å². The van der Waals surface area contributed by atoms with Crippen molar-refractivity contribution in [2.75, 3.05) is 31.6 Å². The minimum Gasteiger partial charge on any atom is -0.359 e. The average Bonchev–Trinajstić information content (AvgIpc) is 3.45. The van der Waals surface area contributed by atoms with E-state index in [9.17, 15) is 9.59 Å². The molecule has 228 valence electrons. The number of amides is 2. The molecule has 2 aromatic rings. The second-order valence-electron chi connectivity index (χ2n) is 11.0. The number of hydrogen-bond acceptors (Lipinski definition) is 5. The lowest BCUT2D eigenvalue weighted by Crippen LogP contribution is -2.47. The highest BCUT2D eigenvalue weighted by Gasteiger charge is 2.36. The summed E-state index contributed by atoms with van der Waals surface area (Å²) in [6, 6.07) is 7.55. The molecule has 10 heteroatoms. The van der Waals surface area contributed by atoms with E-state index in [4.69, 9.17) is 16.6 Å². The maximum absolute atomic E-state index is 15.1. The van der Waals surface area contributed by atoms with Crippen molar-refractivity contribution in [1.29, 1.82) is 0 Å². The molecule has 1 aromatic carbocycles. The normalized spacial score (nSPS) is 18.8. The van der Waals surface area contributed by atoms with Crippen LogP contribution in [0.15, 0.2) is 76.7 Å². The van der Waals surface area contributed by atoms with Gasteiger partial charge in [0.1, 0.15) is 17.5 Å². The van der Waals surface area contributed by atoms with E-state index in [1.54, 1.807) is 42.4 Å². The standard InChI is InChI=1S/C33H40ClFN6O2/c1-7-28(43)39(8-2)19-23-12-11-17-40(23)32(36-6)25-18-26(34)30(24-13-9-10-14-27(24)35)38-33(25)41(20-42)31-22(5)15-16-37-29(31)21(3)4/h7,9-10,13-16,18,20-21,23,30,38H,1,8,11-12,17,19H2,2-6H3/b36-32+/t23-,30?/m1/s1. The van der Waals surface area contributed by atoms with Crippen molar-refractivity contribution in [2.45, 2.75) is 58.5 Å². The van der Waals surface area contributed by atoms with Crippen LogP contribution < -0.4 is 10.2 Å². The Morgan fingerprint density at radius 2 is 2.07 bits per heavy atom. The van der Waals surface area contributed by atoms with Gasteiger partial charge in [0.2, 0.25) is 12.3 Å². The largest absolute Gasteiger partial charge is 0.359 e. The first kappa shape index (κ1) is 31.9. The number of carbonyl (C=O) groups is 2. The molecule has 0 spiro atoms. The first-order chi connectivity index (χ1) is 20.7. The van der Waals surface area contributed by atoms with Gasteiger partial charge in [-0.2, -0.15) is 0 Å². The third-order valence-corrected chi connectivity index (χ3v) is 8.33. The summed E-state index contributed by atoms with van der Waals surface area (Å²) in [6.45, 7) is 13.3. The van der Waals surface area contributed by atoms with Crippen molar-refractivity contribution in [3.05, 3.63) is 94.3 Å². The number of benzene rings is 1. The Labute approximate surface area is 258 Å². The third-order valence-electron chi connectivity index (χ3n) is 8.00. The number of nitrogens with one attached hydrogen (secondary N) is 1. The highest BCUT2D eigenvalue weighted by atomic mass is 35.5. The molecule has 8 nitrogen and oxygen atoms in total. The molecule has 4 rings (SSSR count). The van der Waals surface area contributed by atoms with E-state index in [1.807, 2.05) is 33.8 Å². The van der Waals surface area contributed by atoms with Crippen LogP contribution in [0.25, 0.3) is 0 Å². The average molecular weight is 607 g/mol. The number of pyridine rings is 1. The quantitative estimate of drug-likeness (QED) is 0.160. The smallest absolute Gasteiger partial charge is 0.246 e. The minimum absolute atomic E-state index is 0.0104. The highest BCUT2D eigenvalue weighted by Crippen LogP contribution is 2.38. The Hall–Kier alpha value is -3.98. The Morgan fingerprint density at radius 3 is 2.70 bits per heavy atom. The van der Waals surface area contributed by atoms with Crippen molar-refractivity contribution >= 4 is 35.4 Å². The fraction of sp³-hybridized carbons (Fsp3) is 0.394. The van der Waals surface area contributed by atoms with Crippen LogP contribution in [0.1, 0.15) is 62.4 Å². The second-order valence-corrected chi connectivity index (χ2v) is 11.4. The van der Waals surface area contributed by atoms with Crippen LogP contribution >= 0.6 is 11.6 Å². The van der Waals surface area contributed by atoms with Crippen molar-refractivity contribution in [1.82, 2.24) is 20.1 Å². The van der Waals surface area contributed by atoms with Gasteiger partial charge in [-0.3, -0.25) is 24.5 Å². The van der Waals surface area contributed by atoms with Gasteiger partial charge in [-0.15, -0.1) is 0 Å². The van der Waals surface area contributed by atoms with Crippen molar-refractivity contribution in [3.8, 4) is 0 Å². The fourth-order valence-corrected chi connectivity index (χ4v) is 6.15. The zero-order chi connectivity index (χ0) is 31.3. The lowest BCUT2D eigenvalue weighted by atomic mass is 9.98. The molecule has 0 bridgehead atoms. The van der Waals surface area contributed by atoms with Crippen LogP contribution in [-0.2, 0) is 9.59 Å². The molecular weight excluding hydrogens is 567 g/mol. The Kier molecular flexibility index (Phi) is 10.4. The zero-order valence-electron chi connectivity index (χ0n) is 25.5. The molecule has 3 heterocycles. The lowest BCUT2D eigenvalue weighted by Gasteiger charge is -2.37. The van der Waals surface area contributed by atoms with Gasteiger partial charge in [-0.1, -0.05) is 50.2 Å². The summed E-state index contributed by atoms with van der Waals surface area (Å²) < 4.78 is 15.1. The van der Waals surface area contributed by atoms with Crippen LogP contribution in [0.2, 0.25) is 0 Å². The van der Waals surface area contributed by atoms with Gasteiger partial charge in [0.05, 0.1) is 23.0 Å². The van der Waals surface area contributed by atoms with E-state index in [0.29, 0.717) is 53.1 Å². The Morgan fingerprint density at radius 1 is 1.33 bits per heavy atom. The number of nitrogens with zero attached hydrogens (tertiary/aromatic N) is 5. The van der Waals surface area contributed by atoms with Gasteiger partial charge in [0, 0.05) is 49.5 Å². The molecule has 2 amide bonds. The first-order valence-electron chi connectivity index (χ1n) is 14.6. The maximum Gasteiger partial charge on any atom is 0.246 e. The van der Waals surface area contributed by atoms with E-state index in [1.165, 1.54) is 17.0 Å². The number of halogens is 2. The van der Waals surface area contributed by atoms with Crippen LogP contribution in [0, 0.1) is 12.7 Å². The molecule has 0 aliphatic carbocycles. The van der Waals surface area contributed by atoms with E-state index in [-0.39, 0.29) is 17.9 Å². The number of amidine groups is 1. The summed E-state index contributed by atoms with van der Waals surface area (Å²) >= 11 is 6.91. The Balaban J connectivity index is 1.89. The summed E-state index contributed by atoms with van der Waals surface area (Å²) in [5, 5.41) is 3.76. The number of carbonyl (C=O) groups excluding carboxylic acids is 2. The van der Waals surface area contributed by atoms with E-state index < -0.39 is 11.9 Å². The zero-order valence-corrected chi connectivity index (χ0v) is 26.2. The monoisotopic (exact) mass is 606 g/mol. The maximum atomic E-state index is 15.1. The second kappa shape index (κ2) is 14.0. The molecule has 1 aromatic heterocycles. The number of aliphatic imine (C=N–C) groups is 1. The number of anilines is 1. The molecule has 2 atom stereocenters. The molecule has 0 radical (unpaired) electrons. The van der Waals surface area contributed by atoms with Crippen LogP contribution in [-0.4, -0.2) is 65.7 Å². The predicted molar refractivity (Wildman–Crippen MR) is 170 cm³/mol. The molecule has 1 unspecified atom stereocenters. The molecule has 1 N–H and O–H groups in total. The number of likely N-dealkylation sites (tertiary alicyclic amines) is 1. The molecule has 2 aliphatic rings. The highest BCUT2D eigenvalue weighted by molar-refractivity contribution is 6.31. The van der Waals surface area contributed by atoms with Gasteiger partial charge in [0.25, 0.3) is 0 Å².